The summed E-state index contributed by atoms with van der Waals surface area (Å²) in [6.45, 7) is 0. The first kappa shape index (κ1) is 11.3. The van der Waals surface area contributed by atoms with Crippen LogP contribution in [0.25, 0.3) is 0 Å². The molecular weight excluding hydrogens is 217 g/mol. The Morgan fingerprint density at radius 2 is 1.59 bits per heavy atom. The monoisotopic (exact) mass is 229 g/mol. The number of carbonyl (C=O) groups is 1. The fourth-order valence-electron chi connectivity index (χ4n) is 1.56. The van der Waals surface area contributed by atoms with Crippen LogP contribution in [0.5, 0.6) is 0 Å². The number of nitrogens with two attached hydrogens (primary N) is 1. The number of ketones is 1. The fourth-order valence-corrected chi connectivity index (χ4v) is 1.56. The molecule has 0 fully saturated rings. The van der Waals surface area contributed by atoms with Gasteiger partial charge in [-0.25, -0.2) is 4.39 Å². The minimum atomic E-state index is -0.339. The number of halogens is 1. The lowest BCUT2D eigenvalue weighted by Crippen LogP contribution is -2.03. The maximum Gasteiger partial charge on any atom is 0.167 e. The summed E-state index contributed by atoms with van der Waals surface area (Å²) in [6.07, 6.45) is 0.298. The third-order valence-corrected chi connectivity index (χ3v) is 2.51. The summed E-state index contributed by atoms with van der Waals surface area (Å²) in [5.74, 6) is -0.371. The van der Waals surface area contributed by atoms with Gasteiger partial charge >= 0.3 is 0 Å². The van der Waals surface area contributed by atoms with Gasteiger partial charge in [0.15, 0.2) is 5.78 Å². The highest BCUT2D eigenvalue weighted by molar-refractivity contribution is 5.97. The van der Waals surface area contributed by atoms with Crippen LogP contribution in [0, 0.1) is 5.82 Å². The molecule has 0 radical (unpaired) electrons. The minimum Gasteiger partial charge on any atom is -0.399 e. The van der Waals surface area contributed by atoms with Crippen LogP contribution < -0.4 is 5.73 Å². The molecule has 0 aliphatic heterocycles. The van der Waals surface area contributed by atoms with Gasteiger partial charge in [-0.1, -0.05) is 12.1 Å². The lowest BCUT2D eigenvalue weighted by atomic mass is 10.0. The number of rotatable bonds is 3. The van der Waals surface area contributed by atoms with Gasteiger partial charge in [0, 0.05) is 17.7 Å². The second-order valence-corrected chi connectivity index (χ2v) is 3.85. The van der Waals surface area contributed by atoms with Crippen molar-refractivity contribution in [3.05, 3.63) is 65.5 Å². The third kappa shape index (κ3) is 2.91. The largest absolute Gasteiger partial charge is 0.399 e. The van der Waals surface area contributed by atoms with E-state index in [1.807, 2.05) is 12.1 Å². The van der Waals surface area contributed by atoms with Crippen molar-refractivity contribution < 1.29 is 9.18 Å². The zero-order chi connectivity index (χ0) is 12.3. The molecule has 86 valence electrons. The SMILES string of the molecule is Nc1ccc(CC(=O)c2ccc(F)cc2)cc1. The Morgan fingerprint density at radius 3 is 2.18 bits per heavy atom. The molecule has 0 saturated heterocycles. The first-order chi connectivity index (χ1) is 8.15. The molecule has 3 heteroatoms. The molecule has 0 amide bonds. The second kappa shape index (κ2) is 4.78. The number of hydrogen-bond donors (Lipinski definition) is 1. The summed E-state index contributed by atoms with van der Waals surface area (Å²) in [4.78, 5) is 11.9. The highest BCUT2D eigenvalue weighted by Crippen LogP contribution is 2.10. The van der Waals surface area contributed by atoms with E-state index in [1.54, 1.807) is 12.1 Å². The highest BCUT2D eigenvalue weighted by atomic mass is 19.1. The molecule has 2 nitrogen and oxygen atoms in total. The van der Waals surface area contributed by atoms with Crippen molar-refractivity contribution >= 4 is 11.5 Å². The summed E-state index contributed by atoms with van der Waals surface area (Å²) < 4.78 is 12.7. The number of nitrogen functional groups attached to an aromatic ring is 1. The van der Waals surface area contributed by atoms with Crippen LogP contribution in [0.4, 0.5) is 10.1 Å². The summed E-state index contributed by atoms with van der Waals surface area (Å²) in [5.41, 5.74) is 7.64. The van der Waals surface area contributed by atoms with Crippen molar-refractivity contribution in [2.75, 3.05) is 5.73 Å². The van der Waals surface area contributed by atoms with Crippen LogP contribution in [0.3, 0.4) is 0 Å². The maximum atomic E-state index is 12.7. The highest BCUT2D eigenvalue weighted by Gasteiger charge is 2.06. The molecule has 0 saturated carbocycles. The molecule has 17 heavy (non-hydrogen) atoms. The first-order valence-corrected chi connectivity index (χ1v) is 5.28. The standard InChI is InChI=1S/C14H12FNO/c15-12-5-3-11(4-6-12)14(17)9-10-1-7-13(16)8-2-10/h1-8H,9,16H2. The summed E-state index contributed by atoms with van der Waals surface area (Å²) in [7, 11) is 0. The van der Waals surface area contributed by atoms with Crippen molar-refractivity contribution in [1.29, 1.82) is 0 Å². The smallest absolute Gasteiger partial charge is 0.167 e. The Hall–Kier alpha value is -2.16. The van der Waals surface area contributed by atoms with E-state index >= 15 is 0 Å². The molecule has 0 aliphatic rings. The third-order valence-electron chi connectivity index (χ3n) is 2.51. The predicted molar refractivity (Wildman–Crippen MR) is 65.3 cm³/mol. The minimum absolute atomic E-state index is 0.0326. The molecule has 0 aliphatic carbocycles. The molecule has 0 bridgehead atoms. The number of Topliss-reactive ketones (excluding diaryl/α,β-unsaturated/α-hetero) is 1. The van der Waals surface area contributed by atoms with Gasteiger partial charge in [-0.05, 0) is 42.0 Å². The van der Waals surface area contributed by atoms with Gasteiger partial charge in [0.1, 0.15) is 5.82 Å². The van der Waals surface area contributed by atoms with E-state index in [-0.39, 0.29) is 11.6 Å². The van der Waals surface area contributed by atoms with E-state index in [0.717, 1.165) is 5.56 Å². The summed E-state index contributed by atoms with van der Waals surface area (Å²) in [5, 5.41) is 0. The van der Waals surface area contributed by atoms with E-state index < -0.39 is 0 Å². The van der Waals surface area contributed by atoms with Crippen molar-refractivity contribution in [2.24, 2.45) is 0 Å². The van der Waals surface area contributed by atoms with Crippen LogP contribution in [0.2, 0.25) is 0 Å². The molecule has 0 heterocycles. The molecule has 0 spiro atoms. The van der Waals surface area contributed by atoms with Crippen LogP contribution in [0.1, 0.15) is 15.9 Å². The maximum absolute atomic E-state index is 12.7. The van der Waals surface area contributed by atoms with Crippen molar-refractivity contribution in [3.63, 3.8) is 0 Å². The Balaban J connectivity index is 2.11. The molecule has 0 atom stereocenters. The van der Waals surface area contributed by atoms with Gasteiger partial charge in [0.25, 0.3) is 0 Å². The topological polar surface area (TPSA) is 43.1 Å². The second-order valence-electron chi connectivity index (χ2n) is 3.85. The first-order valence-electron chi connectivity index (χ1n) is 5.28. The van der Waals surface area contributed by atoms with Crippen molar-refractivity contribution in [1.82, 2.24) is 0 Å². The zero-order valence-corrected chi connectivity index (χ0v) is 9.19. The van der Waals surface area contributed by atoms with E-state index in [2.05, 4.69) is 0 Å². The molecule has 0 aromatic heterocycles. The predicted octanol–water partition coefficient (Wildman–Crippen LogP) is 2.83. The fraction of sp³-hybridized carbons (Fsp3) is 0.0714. The van der Waals surface area contributed by atoms with E-state index in [1.165, 1.54) is 24.3 Å². The molecule has 2 aromatic rings. The van der Waals surface area contributed by atoms with Gasteiger partial charge in [0.2, 0.25) is 0 Å². The van der Waals surface area contributed by atoms with Crippen LogP contribution >= 0.6 is 0 Å². The van der Waals surface area contributed by atoms with Crippen molar-refractivity contribution in [3.8, 4) is 0 Å². The average Bonchev–Trinajstić information content (AvgIpc) is 2.33. The lowest BCUT2D eigenvalue weighted by molar-refractivity contribution is 0.0993. The van der Waals surface area contributed by atoms with E-state index in [9.17, 15) is 9.18 Å². The van der Waals surface area contributed by atoms with Crippen LogP contribution in [-0.4, -0.2) is 5.78 Å². The van der Waals surface area contributed by atoms with Gasteiger partial charge < -0.3 is 5.73 Å². The molecule has 2 N–H and O–H groups in total. The van der Waals surface area contributed by atoms with E-state index in [4.69, 9.17) is 5.73 Å². The quantitative estimate of drug-likeness (QED) is 0.649. The van der Waals surface area contributed by atoms with E-state index in [0.29, 0.717) is 17.7 Å². The Labute approximate surface area is 98.9 Å². The van der Waals surface area contributed by atoms with Gasteiger partial charge in [-0.2, -0.15) is 0 Å². The summed E-state index contributed by atoms with van der Waals surface area (Å²) in [6, 6.07) is 12.7. The number of benzene rings is 2. The number of carbonyl (C=O) groups excluding carboxylic acids is 1. The van der Waals surface area contributed by atoms with Crippen LogP contribution in [-0.2, 0) is 6.42 Å². The Morgan fingerprint density at radius 1 is 1.00 bits per heavy atom. The molecule has 2 rings (SSSR count). The molecule has 2 aromatic carbocycles. The van der Waals surface area contributed by atoms with Gasteiger partial charge in [0.05, 0.1) is 0 Å². The number of anilines is 1. The Bertz CT molecular complexity index is 517. The average molecular weight is 229 g/mol. The normalized spacial score (nSPS) is 10.2. The van der Waals surface area contributed by atoms with Gasteiger partial charge in [-0.3, -0.25) is 4.79 Å². The molecular formula is C14H12FNO. The summed E-state index contributed by atoms with van der Waals surface area (Å²) >= 11 is 0. The number of hydrogen-bond acceptors (Lipinski definition) is 2. The van der Waals surface area contributed by atoms with Crippen molar-refractivity contribution in [2.45, 2.75) is 6.42 Å². The van der Waals surface area contributed by atoms with Crippen LogP contribution in [0.15, 0.2) is 48.5 Å². The Kier molecular flexibility index (Phi) is 3.19. The van der Waals surface area contributed by atoms with Gasteiger partial charge in [-0.15, -0.1) is 0 Å². The lowest BCUT2D eigenvalue weighted by Gasteiger charge is -2.02. The zero-order valence-electron chi connectivity index (χ0n) is 9.19. The molecule has 0 unspecified atom stereocenters.